The number of rotatable bonds is 4. The van der Waals surface area contributed by atoms with Crippen molar-refractivity contribution in [2.45, 2.75) is 31.8 Å². The summed E-state index contributed by atoms with van der Waals surface area (Å²) in [6, 6.07) is 9.54. The molecule has 0 aromatic heterocycles. The third-order valence-corrected chi connectivity index (χ3v) is 4.71. The Balaban J connectivity index is 1.62. The summed E-state index contributed by atoms with van der Waals surface area (Å²) in [5.41, 5.74) is 1.35. The number of nitrogens with zero attached hydrogens (tertiary/aromatic N) is 1. The zero-order valence-electron chi connectivity index (χ0n) is 11.9. The third-order valence-electron chi connectivity index (χ3n) is 4.71. The van der Waals surface area contributed by atoms with Gasteiger partial charge in [0.1, 0.15) is 5.75 Å². The number of piperidine rings is 1. The molecule has 2 aliphatic rings. The van der Waals surface area contributed by atoms with Gasteiger partial charge in [0.15, 0.2) is 0 Å². The lowest BCUT2D eigenvalue weighted by atomic mass is 9.93. The van der Waals surface area contributed by atoms with Crippen LogP contribution in [-0.2, 0) is 0 Å². The van der Waals surface area contributed by atoms with E-state index in [2.05, 4.69) is 29.3 Å². The first-order valence-corrected chi connectivity index (χ1v) is 7.38. The first-order chi connectivity index (χ1) is 9.26. The van der Waals surface area contributed by atoms with Crippen LogP contribution in [-0.4, -0.2) is 37.7 Å². The second-order valence-corrected chi connectivity index (χ2v) is 5.91. The number of hydrogen-bond acceptors (Lipinski definition) is 3. The Morgan fingerprint density at radius 2 is 1.95 bits per heavy atom. The van der Waals surface area contributed by atoms with E-state index < -0.39 is 0 Å². The summed E-state index contributed by atoms with van der Waals surface area (Å²) in [5.74, 6) is 1.79. The molecule has 1 N–H and O–H groups in total. The van der Waals surface area contributed by atoms with Crippen LogP contribution in [0, 0.1) is 5.92 Å². The van der Waals surface area contributed by atoms with Crippen LogP contribution in [0.1, 0.15) is 31.4 Å². The number of methoxy groups -OCH3 is 1. The average molecular weight is 260 g/mol. The molecule has 2 fully saturated rings. The van der Waals surface area contributed by atoms with E-state index in [1.165, 1.54) is 38.0 Å². The molecule has 2 aliphatic heterocycles. The van der Waals surface area contributed by atoms with Crippen LogP contribution in [0.2, 0.25) is 0 Å². The quantitative estimate of drug-likeness (QED) is 0.900. The van der Waals surface area contributed by atoms with Crippen LogP contribution < -0.4 is 10.1 Å². The molecule has 0 saturated carbocycles. The summed E-state index contributed by atoms with van der Waals surface area (Å²) in [6.45, 7) is 6.14. The highest BCUT2D eigenvalue weighted by Crippen LogP contribution is 2.29. The molecule has 3 heteroatoms. The van der Waals surface area contributed by atoms with Crippen LogP contribution in [0.15, 0.2) is 24.3 Å². The second-order valence-electron chi connectivity index (χ2n) is 5.91. The smallest absolute Gasteiger partial charge is 0.118 e. The van der Waals surface area contributed by atoms with Crippen LogP contribution in [0.25, 0.3) is 0 Å². The maximum absolute atomic E-state index is 5.21. The lowest BCUT2D eigenvalue weighted by molar-refractivity contribution is 0.212. The van der Waals surface area contributed by atoms with E-state index in [0.717, 1.165) is 11.7 Å². The van der Waals surface area contributed by atoms with Crippen molar-refractivity contribution in [3.8, 4) is 5.75 Å². The van der Waals surface area contributed by atoms with Gasteiger partial charge in [0.2, 0.25) is 0 Å². The Hall–Kier alpha value is -1.06. The number of nitrogens with one attached hydrogen (secondary N) is 1. The summed E-state index contributed by atoms with van der Waals surface area (Å²) >= 11 is 0. The van der Waals surface area contributed by atoms with Gasteiger partial charge < -0.3 is 15.0 Å². The molecule has 0 aliphatic carbocycles. The van der Waals surface area contributed by atoms with Gasteiger partial charge in [-0.25, -0.2) is 0 Å². The normalized spacial score (nSPS) is 31.2. The van der Waals surface area contributed by atoms with Crippen LogP contribution in [0.3, 0.4) is 0 Å². The van der Waals surface area contributed by atoms with Gasteiger partial charge in [-0.1, -0.05) is 12.1 Å². The van der Waals surface area contributed by atoms with Crippen LogP contribution >= 0.6 is 0 Å². The van der Waals surface area contributed by atoms with Gasteiger partial charge >= 0.3 is 0 Å². The van der Waals surface area contributed by atoms with Crippen molar-refractivity contribution in [1.29, 1.82) is 0 Å². The molecule has 2 saturated heterocycles. The molecule has 19 heavy (non-hydrogen) atoms. The fraction of sp³-hybridized carbons (Fsp3) is 0.625. The highest BCUT2D eigenvalue weighted by Gasteiger charge is 2.34. The molecule has 0 amide bonds. The molecule has 3 rings (SSSR count). The topological polar surface area (TPSA) is 24.5 Å². The third kappa shape index (κ3) is 2.77. The highest BCUT2D eigenvalue weighted by atomic mass is 16.5. The van der Waals surface area contributed by atoms with E-state index in [9.17, 15) is 0 Å². The van der Waals surface area contributed by atoms with Crippen molar-refractivity contribution in [2.24, 2.45) is 5.92 Å². The molecule has 0 spiro atoms. The standard InChI is InChI=1S/C16H24N2O/c1-12(13-3-5-15(19-2)6-4-13)17-16-8-10-18-9-7-14(16)11-18/h3-6,12,14,16-17H,7-11H2,1-2H3. The maximum atomic E-state index is 5.21. The molecule has 0 radical (unpaired) electrons. The van der Waals surface area contributed by atoms with Gasteiger partial charge in [0, 0.05) is 18.6 Å². The van der Waals surface area contributed by atoms with Gasteiger partial charge in [-0.3, -0.25) is 0 Å². The Kier molecular flexibility index (Phi) is 3.76. The molecule has 2 bridgehead atoms. The molecule has 4 atom stereocenters. The van der Waals surface area contributed by atoms with E-state index in [1.807, 2.05) is 12.1 Å². The molecule has 1 aromatic carbocycles. The monoisotopic (exact) mass is 260 g/mol. The lowest BCUT2D eigenvalue weighted by Crippen LogP contribution is -2.44. The van der Waals surface area contributed by atoms with Crippen molar-refractivity contribution in [3.63, 3.8) is 0 Å². The molecule has 1 aromatic rings. The number of fused-ring (bicyclic) bond motifs is 2. The van der Waals surface area contributed by atoms with Gasteiger partial charge in [0.05, 0.1) is 7.11 Å². The first-order valence-electron chi connectivity index (χ1n) is 7.38. The Bertz CT molecular complexity index is 417. The van der Waals surface area contributed by atoms with E-state index >= 15 is 0 Å². The molecular weight excluding hydrogens is 236 g/mol. The van der Waals surface area contributed by atoms with Crippen molar-refractivity contribution in [3.05, 3.63) is 29.8 Å². The van der Waals surface area contributed by atoms with E-state index in [4.69, 9.17) is 4.74 Å². The van der Waals surface area contributed by atoms with Crippen molar-refractivity contribution in [1.82, 2.24) is 10.2 Å². The molecule has 2 heterocycles. The highest BCUT2D eigenvalue weighted by molar-refractivity contribution is 5.28. The number of ether oxygens (including phenoxy) is 1. The molecule has 3 nitrogen and oxygen atoms in total. The van der Waals surface area contributed by atoms with E-state index in [1.54, 1.807) is 7.11 Å². The Morgan fingerprint density at radius 1 is 1.21 bits per heavy atom. The van der Waals surface area contributed by atoms with Crippen molar-refractivity contribution < 1.29 is 4.74 Å². The zero-order chi connectivity index (χ0) is 13.2. The van der Waals surface area contributed by atoms with E-state index in [-0.39, 0.29) is 0 Å². The molecular formula is C16H24N2O. The number of hydrogen-bond donors (Lipinski definition) is 1. The van der Waals surface area contributed by atoms with E-state index in [0.29, 0.717) is 12.1 Å². The van der Waals surface area contributed by atoms with Gasteiger partial charge in [-0.05, 0) is 56.5 Å². The van der Waals surface area contributed by atoms with Crippen molar-refractivity contribution >= 4 is 0 Å². The molecule has 4 unspecified atom stereocenters. The fourth-order valence-corrected chi connectivity index (χ4v) is 3.48. The van der Waals surface area contributed by atoms with Gasteiger partial charge in [-0.2, -0.15) is 0 Å². The predicted octanol–water partition coefficient (Wildman–Crippen LogP) is 2.44. The SMILES string of the molecule is COc1ccc(C(C)NC2CCN3CCC2C3)cc1. The van der Waals surface area contributed by atoms with Crippen LogP contribution in [0.5, 0.6) is 5.75 Å². The molecule has 104 valence electrons. The average Bonchev–Trinajstić information content (AvgIpc) is 2.85. The summed E-state index contributed by atoms with van der Waals surface area (Å²) < 4.78 is 5.21. The summed E-state index contributed by atoms with van der Waals surface area (Å²) in [5, 5.41) is 3.83. The zero-order valence-corrected chi connectivity index (χ0v) is 11.9. The lowest BCUT2D eigenvalue weighted by Gasteiger charge is -2.33. The largest absolute Gasteiger partial charge is 0.497 e. The minimum Gasteiger partial charge on any atom is -0.497 e. The van der Waals surface area contributed by atoms with Crippen LogP contribution in [0.4, 0.5) is 0 Å². The second kappa shape index (κ2) is 5.51. The minimum atomic E-state index is 0.419. The summed E-state index contributed by atoms with van der Waals surface area (Å²) in [4.78, 5) is 2.60. The Morgan fingerprint density at radius 3 is 2.68 bits per heavy atom. The first kappa shape index (κ1) is 12.9. The minimum absolute atomic E-state index is 0.419. The van der Waals surface area contributed by atoms with Gasteiger partial charge in [0.25, 0.3) is 0 Å². The predicted molar refractivity (Wildman–Crippen MR) is 77.5 cm³/mol. The van der Waals surface area contributed by atoms with Crippen molar-refractivity contribution in [2.75, 3.05) is 26.7 Å². The summed E-state index contributed by atoms with van der Waals surface area (Å²) in [7, 11) is 1.71. The van der Waals surface area contributed by atoms with Gasteiger partial charge in [-0.15, -0.1) is 0 Å². The maximum Gasteiger partial charge on any atom is 0.118 e. The summed E-state index contributed by atoms with van der Waals surface area (Å²) in [6.07, 6.45) is 2.66. The number of benzene rings is 1. The fourth-order valence-electron chi connectivity index (χ4n) is 3.48. The Labute approximate surface area is 115 Å².